The van der Waals surface area contributed by atoms with Gasteiger partial charge in [-0.1, -0.05) is 62.4 Å². The number of hydrogen-bond acceptors (Lipinski definition) is 8. The average molecular weight is 566 g/mol. The second-order valence-electron chi connectivity index (χ2n) is 9.82. The van der Waals surface area contributed by atoms with Crippen LogP contribution in [-0.4, -0.2) is 44.7 Å². The molecule has 2 atom stereocenters. The van der Waals surface area contributed by atoms with Crippen molar-refractivity contribution in [2.45, 2.75) is 43.9 Å². The number of ketones is 2. The van der Waals surface area contributed by atoms with Crippen LogP contribution >= 0.6 is 0 Å². The molecule has 10 nitrogen and oxygen atoms in total. The van der Waals surface area contributed by atoms with Crippen molar-refractivity contribution < 1.29 is 32.0 Å². The van der Waals surface area contributed by atoms with Gasteiger partial charge in [-0.15, -0.1) is 0 Å². The van der Waals surface area contributed by atoms with Crippen molar-refractivity contribution in [1.82, 2.24) is 10.0 Å². The zero-order valence-electron chi connectivity index (χ0n) is 22.1. The molecule has 1 amide bonds. The number of para-hydroxylation sites is 1. The number of rotatable bonds is 12. The second kappa shape index (κ2) is 12.4. The first-order valence-corrected chi connectivity index (χ1v) is 14.2. The number of alkyl carbamates (subject to hydrolysis) is 1. The monoisotopic (exact) mass is 565 g/mol. The first-order chi connectivity index (χ1) is 19.0. The van der Waals surface area contributed by atoms with Crippen LogP contribution in [-0.2, 0) is 31.0 Å². The molecule has 11 heteroatoms. The van der Waals surface area contributed by atoms with E-state index in [1.54, 1.807) is 36.4 Å². The minimum absolute atomic E-state index is 0.00241. The number of furan rings is 1. The smallest absolute Gasteiger partial charge is 0.408 e. The van der Waals surface area contributed by atoms with Crippen molar-refractivity contribution in [3.8, 4) is 0 Å². The van der Waals surface area contributed by atoms with Gasteiger partial charge in [-0.3, -0.25) is 9.59 Å². The van der Waals surface area contributed by atoms with Crippen LogP contribution in [0.15, 0.2) is 82.1 Å². The summed E-state index contributed by atoms with van der Waals surface area (Å²) >= 11 is 0. The van der Waals surface area contributed by atoms with Crippen LogP contribution in [0.2, 0.25) is 0 Å². The zero-order chi connectivity index (χ0) is 28.9. The number of fused-ring (bicyclic) bond motifs is 3. The lowest BCUT2D eigenvalue weighted by atomic mass is 9.95. The Morgan fingerprint density at radius 1 is 0.925 bits per heavy atom. The molecular weight excluding hydrogens is 534 g/mol. The van der Waals surface area contributed by atoms with Gasteiger partial charge in [0.1, 0.15) is 23.8 Å². The van der Waals surface area contributed by atoms with E-state index in [9.17, 15) is 22.8 Å². The Kier molecular flexibility index (Phi) is 8.98. The molecule has 40 heavy (non-hydrogen) atoms. The number of carbonyl (C=O) groups excluding carboxylic acids is 3. The predicted molar refractivity (Wildman–Crippen MR) is 150 cm³/mol. The second-order valence-corrected chi connectivity index (χ2v) is 11.6. The van der Waals surface area contributed by atoms with Crippen LogP contribution in [0.3, 0.4) is 0 Å². The molecule has 0 saturated heterocycles. The number of ether oxygens (including phenoxy) is 1. The number of Topliss-reactive ketones (excluding diaryl/α,β-unsaturated/α-hetero) is 2. The van der Waals surface area contributed by atoms with Crippen LogP contribution in [0, 0.1) is 5.92 Å². The summed E-state index contributed by atoms with van der Waals surface area (Å²) in [5, 5.41) is 3.85. The molecule has 0 bridgehead atoms. The van der Waals surface area contributed by atoms with Crippen LogP contribution in [0.25, 0.3) is 21.9 Å². The summed E-state index contributed by atoms with van der Waals surface area (Å²) in [6, 6.07) is 17.9. The molecule has 0 radical (unpaired) electrons. The lowest BCUT2D eigenvalue weighted by Gasteiger charge is -2.22. The van der Waals surface area contributed by atoms with Crippen molar-refractivity contribution >= 4 is 49.6 Å². The van der Waals surface area contributed by atoms with Crippen LogP contribution in [0.5, 0.6) is 0 Å². The van der Waals surface area contributed by atoms with Crippen LogP contribution < -0.4 is 15.8 Å². The van der Waals surface area contributed by atoms with Crippen molar-refractivity contribution in [3.05, 3.63) is 78.4 Å². The number of sulfonamides is 1. The van der Waals surface area contributed by atoms with Gasteiger partial charge in [0.05, 0.1) is 17.5 Å². The van der Waals surface area contributed by atoms with Gasteiger partial charge in [-0.25, -0.2) is 17.9 Å². The molecule has 4 N–H and O–H groups in total. The highest BCUT2D eigenvalue weighted by Crippen LogP contribution is 2.30. The molecule has 1 heterocycles. The summed E-state index contributed by atoms with van der Waals surface area (Å²) in [4.78, 5) is 38.1. The molecule has 4 rings (SSSR count). The molecule has 0 aliphatic heterocycles. The maximum atomic E-state index is 13.1. The number of nitrogens with one attached hydrogen (secondary N) is 2. The third kappa shape index (κ3) is 6.92. The Morgan fingerprint density at radius 2 is 1.60 bits per heavy atom. The summed E-state index contributed by atoms with van der Waals surface area (Å²) in [5.41, 5.74) is 7.84. The zero-order valence-corrected chi connectivity index (χ0v) is 22.9. The van der Waals surface area contributed by atoms with Crippen molar-refractivity contribution in [3.63, 3.8) is 0 Å². The van der Waals surface area contributed by atoms with E-state index in [-0.39, 0.29) is 23.8 Å². The molecule has 0 aliphatic rings. The highest BCUT2D eigenvalue weighted by Gasteiger charge is 2.32. The summed E-state index contributed by atoms with van der Waals surface area (Å²) in [5.74, 6) is -1.59. The number of hydrogen-bond donors (Lipinski definition) is 3. The largest absolute Gasteiger partial charge is 0.456 e. The Hall–Kier alpha value is -4.06. The SMILES string of the molecule is CC(C)C[C@H](NC(=O)OCc1ccccc1)C(=O)C(N)C(=O)CNS(=O)(=O)c1ccc2oc3ccccc3c2c1. The fraction of sp³-hybridized carbons (Fsp3) is 0.276. The summed E-state index contributed by atoms with van der Waals surface area (Å²) in [6.07, 6.45) is -0.615. The normalized spacial score (nSPS) is 13.3. The van der Waals surface area contributed by atoms with Gasteiger partial charge < -0.3 is 20.2 Å². The van der Waals surface area contributed by atoms with Gasteiger partial charge in [-0.2, -0.15) is 0 Å². The number of benzene rings is 3. The van der Waals surface area contributed by atoms with Gasteiger partial charge in [0.15, 0.2) is 11.6 Å². The molecule has 1 unspecified atom stereocenters. The molecule has 0 fully saturated rings. The van der Waals surface area contributed by atoms with E-state index in [1.165, 1.54) is 12.1 Å². The third-order valence-electron chi connectivity index (χ3n) is 6.30. The first kappa shape index (κ1) is 28.9. The topological polar surface area (TPSA) is 158 Å². The van der Waals surface area contributed by atoms with E-state index >= 15 is 0 Å². The highest BCUT2D eigenvalue weighted by molar-refractivity contribution is 7.89. The quantitative estimate of drug-likeness (QED) is 0.220. The Balaban J connectivity index is 1.39. The minimum atomic E-state index is -4.11. The summed E-state index contributed by atoms with van der Waals surface area (Å²) in [7, 11) is -4.11. The Morgan fingerprint density at radius 3 is 2.33 bits per heavy atom. The molecular formula is C29H31N3O7S. The van der Waals surface area contributed by atoms with Gasteiger partial charge in [-0.05, 0) is 42.2 Å². The summed E-state index contributed by atoms with van der Waals surface area (Å²) in [6.45, 7) is 2.99. The lowest BCUT2D eigenvalue weighted by Crippen LogP contribution is -2.53. The van der Waals surface area contributed by atoms with E-state index in [0.29, 0.717) is 16.6 Å². The number of nitrogens with two attached hydrogens (primary N) is 1. The minimum Gasteiger partial charge on any atom is -0.456 e. The number of carbonyl (C=O) groups is 3. The van der Waals surface area contributed by atoms with E-state index in [1.807, 2.05) is 38.1 Å². The molecule has 0 aliphatic carbocycles. The van der Waals surface area contributed by atoms with Gasteiger partial charge in [0.25, 0.3) is 0 Å². The van der Waals surface area contributed by atoms with Crippen LogP contribution in [0.4, 0.5) is 4.79 Å². The highest BCUT2D eigenvalue weighted by atomic mass is 32.2. The number of amides is 1. The third-order valence-corrected chi connectivity index (χ3v) is 7.70. The van der Waals surface area contributed by atoms with Gasteiger partial charge in [0.2, 0.25) is 10.0 Å². The summed E-state index contributed by atoms with van der Waals surface area (Å²) < 4.78 is 39.1. The van der Waals surface area contributed by atoms with Crippen LogP contribution in [0.1, 0.15) is 25.8 Å². The average Bonchev–Trinajstić information content (AvgIpc) is 3.32. The lowest BCUT2D eigenvalue weighted by molar-refractivity contribution is -0.129. The predicted octanol–water partition coefficient (Wildman–Crippen LogP) is 3.67. The fourth-order valence-corrected chi connectivity index (χ4v) is 5.25. The standard InChI is InChI=1S/C29H31N3O7S/c1-18(2)14-23(32-29(35)38-17-19-8-4-3-5-9-19)28(34)27(30)24(33)16-31-40(36,37)20-12-13-26-22(15-20)21-10-6-7-11-25(21)39-26/h3-13,15,18,23,27,31H,14,16-17,30H2,1-2H3,(H,32,35)/t23-,27?/m0/s1. The van der Waals surface area contributed by atoms with E-state index in [0.717, 1.165) is 10.9 Å². The fourth-order valence-electron chi connectivity index (χ4n) is 4.23. The first-order valence-electron chi connectivity index (χ1n) is 12.8. The molecule has 1 aromatic heterocycles. The van der Waals surface area contributed by atoms with Gasteiger partial charge >= 0.3 is 6.09 Å². The molecule has 0 spiro atoms. The maximum absolute atomic E-state index is 13.1. The van der Waals surface area contributed by atoms with E-state index < -0.39 is 46.3 Å². The van der Waals surface area contributed by atoms with Gasteiger partial charge in [0, 0.05) is 10.8 Å². The Labute approximate surface area is 231 Å². The molecule has 3 aromatic carbocycles. The van der Waals surface area contributed by atoms with E-state index in [2.05, 4.69) is 10.0 Å². The van der Waals surface area contributed by atoms with E-state index in [4.69, 9.17) is 14.9 Å². The molecule has 0 saturated carbocycles. The van der Waals surface area contributed by atoms with Crippen molar-refractivity contribution in [1.29, 1.82) is 0 Å². The van der Waals surface area contributed by atoms with Crippen molar-refractivity contribution in [2.24, 2.45) is 11.7 Å². The van der Waals surface area contributed by atoms with Crippen molar-refractivity contribution in [2.75, 3.05) is 6.54 Å². The molecule has 4 aromatic rings. The maximum Gasteiger partial charge on any atom is 0.408 e. The molecule has 210 valence electrons. The Bertz CT molecular complexity index is 1630.